The molecule has 0 spiro atoms. The number of aromatic nitrogens is 2. The molecule has 1 atom stereocenters. The van der Waals surface area contributed by atoms with Gasteiger partial charge in [-0.2, -0.15) is 0 Å². The molecule has 0 amide bonds. The van der Waals surface area contributed by atoms with Crippen molar-refractivity contribution in [1.82, 2.24) is 14.3 Å². The molecule has 2 aromatic rings. The van der Waals surface area contributed by atoms with E-state index in [1.165, 1.54) is 19.4 Å². The van der Waals surface area contributed by atoms with Gasteiger partial charge in [-0.05, 0) is 44.1 Å². The summed E-state index contributed by atoms with van der Waals surface area (Å²) in [5.41, 5.74) is 7.97. The Balaban J connectivity index is 1.88. The van der Waals surface area contributed by atoms with Gasteiger partial charge >= 0.3 is 0 Å². The molecule has 0 saturated carbocycles. The quantitative estimate of drug-likeness (QED) is 0.888. The van der Waals surface area contributed by atoms with Crippen molar-refractivity contribution in [3.8, 4) is 0 Å². The van der Waals surface area contributed by atoms with Crippen LogP contribution in [-0.4, -0.2) is 33.9 Å². The van der Waals surface area contributed by atoms with Crippen LogP contribution in [0.5, 0.6) is 0 Å². The summed E-state index contributed by atoms with van der Waals surface area (Å²) in [7, 11) is 2.21. The van der Waals surface area contributed by atoms with E-state index >= 15 is 0 Å². The third kappa shape index (κ3) is 2.02. The highest BCUT2D eigenvalue weighted by molar-refractivity contribution is 5.48. The van der Waals surface area contributed by atoms with Crippen molar-refractivity contribution in [3.05, 3.63) is 35.9 Å². The molecule has 0 radical (unpaired) electrons. The Kier molecular flexibility index (Phi) is 3.06. The van der Waals surface area contributed by atoms with E-state index in [4.69, 9.17) is 5.73 Å². The van der Waals surface area contributed by atoms with Crippen molar-refractivity contribution in [1.29, 1.82) is 0 Å². The lowest BCUT2D eigenvalue weighted by atomic mass is 10.1. The Morgan fingerprint density at radius 1 is 1.50 bits per heavy atom. The Morgan fingerprint density at radius 3 is 3.11 bits per heavy atom. The van der Waals surface area contributed by atoms with Gasteiger partial charge in [-0.15, -0.1) is 0 Å². The molecule has 1 aliphatic rings. The largest absolute Gasteiger partial charge is 0.326 e. The molecule has 3 heterocycles. The highest BCUT2D eigenvalue weighted by Gasteiger charge is 2.22. The van der Waals surface area contributed by atoms with Crippen LogP contribution in [0.4, 0.5) is 0 Å². The van der Waals surface area contributed by atoms with Crippen molar-refractivity contribution < 1.29 is 0 Å². The van der Waals surface area contributed by atoms with Crippen LogP contribution in [0, 0.1) is 0 Å². The maximum atomic E-state index is 5.66. The molecule has 4 heteroatoms. The van der Waals surface area contributed by atoms with E-state index in [0.717, 1.165) is 23.3 Å². The van der Waals surface area contributed by atoms with Crippen LogP contribution >= 0.6 is 0 Å². The lowest BCUT2D eigenvalue weighted by Crippen LogP contribution is -2.27. The molecular weight excluding hydrogens is 224 g/mol. The number of likely N-dealkylation sites (tertiary alicyclic amines) is 1. The number of nitrogens with two attached hydrogens (primary N) is 1. The van der Waals surface area contributed by atoms with Crippen molar-refractivity contribution in [2.45, 2.75) is 31.8 Å². The first kappa shape index (κ1) is 11.7. The van der Waals surface area contributed by atoms with Crippen molar-refractivity contribution in [2.24, 2.45) is 5.73 Å². The number of fused-ring (bicyclic) bond motifs is 1. The molecule has 1 aliphatic heterocycles. The third-order valence-corrected chi connectivity index (χ3v) is 4.00. The van der Waals surface area contributed by atoms with Gasteiger partial charge in [-0.3, -0.25) is 0 Å². The molecule has 96 valence electrons. The van der Waals surface area contributed by atoms with E-state index in [2.05, 4.69) is 39.7 Å². The van der Waals surface area contributed by atoms with Gasteiger partial charge in [-0.1, -0.05) is 0 Å². The van der Waals surface area contributed by atoms with Gasteiger partial charge in [0.25, 0.3) is 0 Å². The molecule has 0 bridgehead atoms. The number of imidazole rings is 1. The Labute approximate surface area is 107 Å². The summed E-state index contributed by atoms with van der Waals surface area (Å²) >= 11 is 0. The van der Waals surface area contributed by atoms with Gasteiger partial charge in [-0.25, -0.2) is 4.98 Å². The fourth-order valence-electron chi connectivity index (χ4n) is 2.83. The van der Waals surface area contributed by atoms with Gasteiger partial charge < -0.3 is 15.0 Å². The zero-order valence-corrected chi connectivity index (χ0v) is 10.8. The maximum Gasteiger partial charge on any atom is 0.114 e. The van der Waals surface area contributed by atoms with Crippen molar-refractivity contribution in [3.63, 3.8) is 0 Å². The number of likely N-dealkylation sites (N-methyl/N-ethyl adjacent to an activating group) is 1. The molecule has 18 heavy (non-hydrogen) atoms. The average molecular weight is 244 g/mol. The van der Waals surface area contributed by atoms with Gasteiger partial charge in [0.15, 0.2) is 0 Å². The molecule has 2 aromatic heterocycles. The fraction of sp³-hybridized carbons (Fsp3) is 0.500. The van der Waals surface area contributed by atoms with Gasteiger partial charge in [0, 0.05) is 25.2 Å². The summed E-state index contributed by atoms with van der Waals surface area (Å²) in [6.07, 6.45) is 7.67. The molecule has 1 saturated heterocycles. The van der Waals surface area contributed by atoms with Crippen molar-refractivity contribution in [2.75, 3.05) is 13.6 Å². The second kappa shape index (κ2) is 4.71. The normalized spacial score (nSPS) is 20.9. The van der Waals surface area contributed by atoms with Crippen LogP contribution in [0.3, 0.4) is 0 Å². The highest BCUT2D eigenvalue weighted by atomic mass is 15.2. The predicted molar refractivity (Wildman–Crippen MR) is 72.4 cm³/mol. The first-order valence-electron chi connectivity index (χ1n) is 6.63. The fourth-order valence-corrected chi connectivity index (χ4v) is 2.83. The molecular formula is C14H20N4. The van der Waals surface area contributed by atoms with Crippen LogP contribution in [0.1, 0.15) is 24.2 Å². The van der Waals surface area contributed by atoms with E-state index < -0.39 is 0 Å². The predicted octanol–water partition coefficient (Wildman–Crippen LogP) is 1.43. The van der Waals surface area contributed by atoms with E-state index in [1.807, 2.05) is 6.20 Å². The number of hydrogen-bond donors (Lipinski definition) is 1. The Morgan fingerprint density at radius 2 is 2.39 bits per heavy atom. The average Bonchev–Trinajstić information content (AvgIpc) is 2.97. The maximum absolute atomic E-state index is 5.66. The molecule has 1 unspecified atom stereocenters. The number of rotatable bonds is 3. The lowest BCUT2D eigenvalue weighted by molar-refractivity contribution is 0.305. The van der Waals surface area contributed by atoms with Crippen molar-refractivity contribution >= 4 is 5.52 Å². The summed E-state index contributed by atoms with van der Waals surface area (Å²) in [6, 6.07) is 4.84. The third-order valence-electron chi connectivity index (χ3n) is 4.00. The summed E-state index contributed by atoms with van der Waals surface area (Å²) < 4.78 is 2.19. The number of pyridine rings is 1. The van der Waals surface area contributed by atoms with Crippen LogP contribution < -0.4 is 5.73 Å². The second-order valence-corrected chi connectivity index (χ2v) is 5.19. The zero-order chi connectivity index (χ0) is 12.5. The number of nitrogens with zero attached hydrogens (tertiary/aromatic N) is 3. The van der Waals surface area contributed by atoms with E-state index in [1.54, 1.807) is 0 Å². The first-order chi connectivity index (χ1) is 8.78. The zero-order valence-electron chi connectivity index (χ0n) is 10.8. The molecule has 0 aliphatic carbocycles. The van der Waals surface area contributed by atoms with Crippen LogP contribution in [0.2, 0.25) is 0 Å². The Bertz CT molecular complexity index is 546. The minimum atomic E-state index is 0.586. The van der Waals surface area contributed by atoms with Gasteiger partial charge in [0.05, 0.1) is 11.7 Å². The molecule has 2 N–H and O–H groups in total. The summed E-state index contributed by atoms with van der Waals surface area (Å²) in [6.45, 7) is 1.80. The van der Waals surface area contributed by atoms with E-state index in [0.29, 0.717) is 12.6 Å². The molecule has 4 nitrogen and oxygen atoms in total. The second-order valence-electron chi connectivity index (χ2n) is 5.19. The molecule has 3 rings (SSSR count). The monoisotopic (exact) mass is 244 g/mol. The van der Waals surface area contributed by atoms with E-state index in [9.17, 15) is 0 Å². The summed E-state index contributed by atoms with van der Waals surface area (Å²) in [5.74, 6) is 1.16. The Hall–Kier alpha value is -1.39. The first-order valence-corrected chi connectivity index (χ1v) is 6.63. The minimum Gasteiger partial charge on any atom is -0.326 e. The van der Waals surface area contributed by atoms with Crippen LogP contribution in [0.15, 0.2) is 24.5 Å². The summed E-state index contributed by atoms with van der Waals surface area (Å²) in [5, 5.41) is 0. The summed E-state index contributed by atoms with van der Waals surface area (Å²) in [4.78, 5) is 7.00. The molecule has 1 fully saturated rings. The van der Waals surface area contributed by atoms with Crippen LogP contribution in [0.25, 0.3) is 5.52 Å². The highest BCUT2D eigenvalue weighted by Crippen LogP contribution is 2.19. The lowest BCUT2D eigenvalue weighted by Gasteiger charge is -2.18. The molecule has 0 aromatic carbocycles. The van der Waals surface area contributed by atoms with Gasteiger partial charge in [0.1, 0.15) is 5.82 Å². The number of hydrogen-bond acceptors (Lipinski definition) is 3. The van der Waals surface area contributed by atoms with E-state index in [-0.39, 0.29) is 0 Å². The smallest absolute Gasteiger partial charge is 0.114 e. The van der Waals surface area contributed by atoms with Crippen LogP contribution in [-0.2, 0) is 13.0 Å². The minimum absolute atomic E-state index is 0.586. The topological polar surface area (TPSA) is 46.6 Å². The van der Waals surface area contributed by atoms with Gasteiger partial charge in [0.2, 0.25) is 0 Å². The standard InChI is InChI=1S/C14H20N4/c1-17-5-2-3-12(17)8-14-16-10-13-7-11(9-15)4-6-18(13)14/h4,6-7,10,12H,2-3,5,8-9,15H2,1H3. The SMILES string of the molecule is CN1CCCC1Cc1ncc2cc(CN)ccn12.